The van der Waals surface area contributed by atoms with Crippen molar-refractivity contribution >= 4 is 22.6 Å². The molecule has 2 nitrogen and oxygen atoms in total. The van der Waals surface area contributed by atoms with Crippen molar-refractivity contribution in [2.24, 2.45) is 0 Å². The lowest BCUT2D eigenvalue weighted by Gasteiger charge is -2.29. The molecule has 0 saturated carbocycles. The van der Waals surface area contributed by atoms with E-state index in [0.717, 1.165) is 18.7 Å². The van der Waals surface area contributed by atoms with Crippen molar-refractivity contribution < 1.29 is 5.11 Å². The molecule has 0 spiro atoms. The van der Waals surface area contributed by atoms with Crippen molar-refractivity contribution in [1.82, 2.24) is 4.90 Å². The first-order valence-corrected chi connectivity index (χ1v) is 5.40. The first kappa shape index (κ1) is 9.43. The number of hydrogen-bond donors (Lipinski definition) is 1. The maximum Gasteiger partial charge on any atom is 0.0930 e. The van der Waals surface area contributed by atoms with Gasteiger partial charge in [0.05, 0.1) is 6.10 Å². The highest BCUT2D eigenvalue weighted by atomic mass is 127. The van der Waals surface area contributed by atoms with Crippen molar-refractivity contribution in [2.45, 2.75) is 12.6 Å². The van der Waals surface area contributed by atoms with Crippen LogP contribution >= 0.6 is 22.6 Å². The molecule has 0 saturated heterocycles. The predicted molar refractivity (Wildman–Crippen MR) is 60.5 cm³/mol. The third-order valence-electron chi connectivity index (χ3n) is 2.40. The van der Waals surface area contributed by atoms with Crippen molar-refractivity contribution in [3.8, 4) is 0 Å². The zero-order valence-corrected chi connectivity index (χ0v) is 9.65. The molecule has 1 atom stereocenters. The molecule has 1 unspecified atom stereocenters. The molecular formula is C10H12INO. The van der Waals surface area contributed by atoms with Gasteiger partial charge in [-0.1, -0.05) is 12.1 Å². The Hall–Kier alpha value is -0.130. The van der Waals surface area contributed by atoms with Gasteiger partial charge in [0.1, 0.15) is 0 Å². The molecule has 1 aliphatic rings. The summed E-state index contributed by atoms with van der Waals surface area (Å²) < 4.78 is 1.18. The molecular weight excluding hydrogens is 277 g/mol. The van der Waals surface area contributed by atoms with Crippen LogP contribution in [0.15, 0.2) is 18.2 Å². The summed E-state index contributed by atoms with van der Waals surface area (Å²) in [5.74, 6) is 0. The molecule has 1 aromatic carbocycles. The molecule has 0 bridgehead atoms. The summed E-state index contributed by atoms with van der Waals surface area (Å²) in [5, 5.41) is 9.87. The smallest absolute Gasteiger partial charge is 0.0930 e. The van der Waals surface area contributed by atoms with E-state index in [4.69, 9.17) is 0 Å². The van der Waals surface area contributed by atoms with Gasteiger partial charge in [-0.15, -0.1) is 0 Å². The average molecular weight is 289 g/mol. The van der Waals surface area contributed by atoms with Gasteiger partial charge in [0.15, 0.2) is 0 Å². The zero-order chi connectivity index (χ0) is 9.42. The fourth-order valence-corrected chi connectivity index (χ4v) is 2.75. The van der Waals surface area contributed by atoms with E-state index >= 15 is 0 Å². The molecule has 3 heteroatoms. The Morgan fingerprint density at radius 2 is 2.31 bits per heavy atom. The standard InChI is InChI=1S/C10H12INO/c1-12-5-7-3-2-4-8(11)10(7)9(13)6-12/h2-4,9,13H,5-6H2,1H3. The maximum atomic E-state index is 9.87. The molecule has 0 amide bonds. The molecule has 70 valence electrons. The second-order valence-corrected chi connectivity index (χ2v) is 4.69. The highest BCUT2D eigenvalue weighted by Gasteiger charge is 2.22. The van der Waals surface area contributed by atoms with Gasteiger partial charge in [-0.3, -0.25) is 4.90 Å². The Balaban J connectivity index is 2.49. The summed E-state index contributed by atoms with van der Waals surface area (Å²) in [6.45, 7) is 1.69. The summed E-state index contributed by atoms with van der Waals surface area (Å²) in [5.41, 5.74) is 2.38. The minimum Gasteiger partial charge on any atom is -0.387 e. The number of aliphatic hydroxyl groups is 1. The lowest BCUT2D eigenvalue weighted by atomic mass is 9.98. The minimum absolute atomic E-state index is 0.318. The van der Waals surface area contributed by atoms with Crippen LogP contribution in [0.5, 0.6) is 0 Å². The highest BCUT2D eigenvalue weighted by Crippen LogP contribution is 2.29. The number of benzene rings is 1. The van der Waals surface area contributed by atoms with Crippen molar-refractivity contribution in [1.29, 1.82) is 0 Å². The van der Waals surface area contributed by atoms with Crippen LogP contribution in [0.25, 0.3) is 0 Å². The van der Waals surface area contributed by atoms with Gasteiger partial charge >= 0.3 is 0 Å². The highest BCUT2D eigenvalue weighted by molar-refractivity contribution is 14.1. The summed E-state index contributed by atoms with van der Waals surface area (Å²) in [7, 11) is 2.03. The van der Waals surface area contributed by atoms with Crippen molar-refractivity contribution in [3.63, 3.8) is 0 Å². The lowest BCUT2D eigenvalue weighted by Crippen LogP contribution is -2.30. The van der Waals surface area contributed by atoms with E-state index in [0.29, 0.717) is 0 Å². The van der Waals surface area contributed by atoms with E-state index in [9.17, 15) is 5.11 Å². The van der Waals surface area contributed by atoms with Crippen LogP contribution in [-0.2, 0) is 6.54 Å². The Morgan fingerprint density at radius 1 is 1.54 bits per heavy atom. The van der Waals surface area contributed by atoms with Crippen LogP contribution in [0.1, 0.15) is 17.2 Å². The molecule has 0 fully saturated rings. The van der Waals surface area contributed by atoms with Gasteiger partial charge in [-0.05, 0) is 46.8 Å². The molecule has 1 aromatic rings. The Labute approximate surface area is 91.7 Å². The normalized spacial score (nSPS) is 22.8. The predicted octanol–water partition coefficient (Wildman–Crippen LogP) is 1.77. The van der Waals surface area contributed by atoms with Gasteiger partial charge in [0, 0.05) is 16.7 Å². The van der Waals surface area contributed by atoms with E-state index in [-0.39, 0.29) is 6.10 Å². The number of fused-ring (bicyclic) bond motifs is 1. The molecule has 1 heterocycles. The maximum absolute atomic E-state index is 9.87. The average Bonchev–Trinajstić information content (AvgIpc) is 2.02. The second kappa shape index (κ2) is 3.55. The number of likely N-dealkylation sites (N-methyl/N-ethyl adjacent to an activating group) is 1. The third-order valence-corrected chi connectivity index (χ3v) is 3.34. The zero-order valence-electron chi connectivity index (χ0n) is 7.50. The minimum atomic E-state index is -0.318. The first-order valence-electron chi connectivity index (χ1n) is 4.32. The Bertz CT molecular complexity index is 327. The van der Waals surface area contributed by atoms with Gasteiger partial charge in [-0.2, -0.15) is 0 Å². The van der Waals surface area contributed by atoms with Crippen LogP contribution in [0.4, 0.5) is 0 Å². The number of β-amino-alcohol motifs (C(OH)–C–C–N with tert-alkyl or cyclic N) is 1. The fraction of sp³-hybridized carbons (Fsp3) is 0.400. The summed E-state index contributed by atoms with van der Waals surface area (Å²) >= 11 is 2.29. The van der Waals surface area contributed by atoms with Crippen LogP contribution in [0.2, 0.25) is 0 Å². The van der Waals surface area contributed by atoms with Crippen LogP contribution < -0.4 is 0 Å². The third kappa shape index (κ3) is 1.73. The number of rotatable bonds is 0. The Kier molecular flexibility index (Phi) is 2.58. The first-order chi connectivity index (χ1) is 6.18. The molecule has 2 rings (SSSR count). The van der Waals surface area contributed by atoms with E-state index in [1.807, 2.05) is 19.2 Å². The Morgan fingerprint density at radius 3 is 3.08 bits per heavy atom. The van der Waals surface area contributed by atoms with E-state index in [2.05, 4.69) is 33.6 Å². The number of nitrogens with zero attached hydrogens (tertiary/aromatic N) is 1. The fourth-order valence-electron chi connectivity index (χ4n) is 1.83. The van der Waals surface area contributed by atoms with Crippen LogP contribution in [0, 0.1) is 3.57 Å². The molecule has 0 radical (unpaired) electrons. The molecule has 0 aliphatic carbocycles. The van der Waals surface area contributed by atoms with Crippen LogP contribution in [-0.4, -0.2) is 23.6 Å². The molecule has 1 aliphatic heterocycles. The SMILES string of the molecule is CN1Cc2cccc(I)c2C(O)C1. The van der Waals surface area contributed by atoms with Gasteiger partial charge in [0.25, 0.3) is 0 Å². The lowest BCUT2D eigenvalue weighted by molar-refractivity contribution is 0.107. The van der Waals surface area contributed by atoms with E-state index in [1.54, 1.807) is 0 Å². The number of hydrogen-bond acceptors (Lipinski definition) is 2. The quantitative estimate of drug-likeness (QED) is 0.736. The molecule has 0 aromatic heterocycles. The molecule has 1 N–H and O–H groups in total. The summed E-state index contributed by atoms with van der Waals surface area (Å²) in [6.07, 6.45) is -0.318. The second-order valence-electron chi connectivity index (χ2n) is 3.53. The van der Waals surface area contributed by atoms with Gasteiger partial charge in [-0.25, -0.2) is 0 Å². The monoisotopic (exact) mass is 289 g/mol. The number of halogens is 1. The van der Waals surface area contributed by atoms with Crippen LogP contribution in [0.3, 0.4) is 0 Å². The van der Waals surface area contributed by atoms with Crippen molar-refractivity contribution in [3.05, 3.63) is 32.9 Å². The largest absolute Gasteiger partial charge is 0.387 e. The van der Waals surface area contributed by atoms with Gasteiger partial charge < -0.3 is 5.11 Å². The topological polar surface area (TPSA) is 23.5 Å². The molecule has 13 heavy (non-hydrogen) atoms. The van der Waals surface area contributed by atoms with E-state index in [1.165, 1.54) is 9.13 Å². The van der Waals surface area contributed by atoms with Crippen molar-refractivity contribution in [2.75, 3.05) is 13.6 Å². The number of aliphatic hydroxyl groups excluding tert-OH is 1. The van der Waals surface area contributed by atoms with E-state index < -0.39 is 0 Å². The van der Waals surface area contributed by atoms with Gasteiger partial charge in [0.2, 0.25) is 0 Å². The summed E-state index contributed by atoms with van der Waals surface area (Å²) in [4.78, 5) is 2.14. The summed E-state index contributed by atoms with van der Waals surface area (Å²) in [6, 6.07) is 6.19.